The predicted octanol–water partition coefficient (Wildman–Crippen LogP) is 5.14. The van der Waals surface area contributed by atoms with Crippen LogP contribution in [-0.2, 0) is 22.6 Å². The van der Waals surface area contributed by atoms with Crippen molar-refractivity contribution >= 4 is 29.0 Å². The van der Waals surface area contributed by atoms with Gasteiger partial charge in [-0.2, -0.15) is 0 Å². The Balaban J connectivity index is 1.51. The molecule has 7 nitrogen and oxygen atoms in total. The first-order chi connectivity index (χ1) is 17.5. The van der Waals surface area contributed by atoms with E-state index in [2.05, 4.69) is 5.32 Å². The van der Waals surface area contributed by atoms with Crippen LogP contribution in [0.5, 0.6) is 5.75 Å². The van der Waals surface area contributed by atoms with E-state index in [9.17, 15) is 14.0 Å². The molecular weight excluding hydrogens is 481 g/mol. The van der Waals surface area contributed by atoms with Gasteiger partial charge in [-0.15, -0.1) is 11.3 Å². The van der Waals surface area contributed by atoms with Crippen molar-refractivity contribution in [1.29, 1.82) is 0 Å². The second-order valence-corrected chi connectivity index (χ2v) is 9.67. The van der Waals surface area contributed by atoms with E-state index in [-0.39, 0.29) is 30.4 Å². The van der Waals surface area contributed by atoms with Crippen molar-refractivity contribution in [2.45, 2.75) is 32.0 Å². The Labute approximate surface area is 214 Å². The number of hydrogen-bond acceptors (Lipinski definition) is 5. The number of rotatable bonds is 10. The lowest BCUT2D eigenvalue weighted by Gasteiger charge is -2.29. The first-order valence-corrected chi connectivity index (χ1v) is 12.7. The minimum atomic E-state index is -0.384. The minimum absolute atomic E-state index is 0.109. The van der Waals surface area contributed by atoms with Crippen LogP contribution >= 0.6 is 11.3 Å². The van der Waals surface area contributed by atoms with Crippen LogP contribution in [0, 0.1) is 5.82 Å². The number of hydrogen-bond donors (Lipinski definition) is 1. The average molecular weight is 512 g/mol. The molecule has 0 spiro atoms. The average Bonchev–Trinajstić information content (AvgIpc) is 3.59. The van der Waals surface area contributed by atoms with Gasteiger partial charge in [-0.3, -0.25) is 4.79 Å². The van der Waals surface area contributed by atoms with E-state index in [0.717, 1.165) is 23.3 Å². The Morgan fingerprint density at radius 1 is 1.11 bits per heavy atom. The molecule has 0 bridgehead atoms. The SMILES string of the molecule is COc1cccc(NC(=O)N(CC(=O)N(Cc2ccc(F)cc2)Cc2cccs2)CC2CCCO2)c1. The fourth-order valence-corrected chi connectivity index (χ4v) is 4.77. The number of carbonyl (C=O) groups is 2. The van der Waals surface area contributed by atoms with E-state index in [1.54, 1.807) is 59.7 Å². The molecule has 9 heteroatoms. The molecule has 190 valence electrons. The number of anilines is 1. The van der Waals surface area contributed by atoms with Gasteiger partial charge in [0.1, 0.15) is 18.1 Å². The van der Waals surface area contributed by atoms with E-state index in [1.807, 2.05) is 17.5 Å². The molecule has 1 aliphatic rings. The number of thiophene rings is 1. The summed E-state index contributed by atoms with van der Waals surface area (Å²) in [6.45, 7) is 1.56. The summed E-state index contributed by atoms with van der Waals surface area (Å²) in [5, 5.41) is 4.84. The van der Waals surface area contributed by atoms with Crippen LogP contribution in [-0.4, -0.2) is 54.6 Å². The zero-order valence-electron chi connectivity index (χ0n) is 20.2. The van der Waals surface area contributed by atoms with Crippen LogP contribution in [0.2, 0.25) is 0 Å². The Kier molecular flexibility index (Phi) is 8.91. The lowest BCUT2D eigenvalue weighted by molar-refractivity contribution is -0.133. The second kappa shape index (κ2) is 12.5. The fraction of sp³-hybridized carbons (Fsp3) is 0.333. The molecule has 0 aliphatic carbocycles. The van der Waals surface area contributed by atoms with Crippen molar-refractivity contribution in [3.05, 3.63) is 82.3 Å². The third-order valence-corrected chi connectivity index (χ3v) is 6.81. The van der Waals surface area contributed by atoms with E-state index >= 15 is 0 Å². The smallest absolute Gasteiger partial charge is 0.322 e. The van der Waals surface area contributed by atoms with E-state index in [1.165, 1.54) is 17.0 Å². The van der Waals surface area contributed by atoms with Crippen molar-refractivity contribution in [2.24, 2.45) is 0 Å². The maximum atomic E-state index is 13.6. The summed E-state index contributed by atoms with van der Waals surface area (Å²) in [5.74, 6) is 0.0920. The van der Waals surface area contributed by atoms with Gasteiger partial charge in [0.05, 0.1) is 19.8 Å². The van der Waals surface area contributed by atoms with Crippen molar-refractivity contribution < 1.29 is 23.5 Å². The van der Waals surface area contributed by atoms with Crippen LogP contribution in [0.1, 0.15) is 23.3 Å². The number of urea groups is 1. The normalized spacial score (nSPS) is 14.9. The van der Waals surface area contributed by atoms with Crippen molar-refractivity contribution in [3.63, 3.8) is 0 Å². The number of carbonyl (C=O) groups excluding carboxylic acids is 2. The van der Waals surface area contributed by atoms with Gasteiger partial charge in [-0.05, 0) is 54.1 Å². The molecule has 1 fully saturated rings. The number of methoxy groups -OCH3 is 1. The summed E-state index contributed by atoms with van der Waals surface area (Å²) in [5.41, 5.74) is 1.39. The first-order valence-electron chi connectivity index (χ1n) is 11.9. The Hall–Kier alpha value is -3.43. The zero-order chi connectivity index (χ0) is 25.3. The third kappa shape index (κ3) is 7.29. The summed E-state index contributed by atoms with van der Waals surface area (Å²) in [6, 6.07) is 16.7. The summed E-state index contributed by atoms with van der Waals surface area (Å²) >= 11 is 1.56. The molecule has 0 saturated carbocycles. The molecule has 1 aromatic heterocycles. The number of amides is 3. The second-order valence-electron chi connectivity index (χ2n) is 8.63. The molecule has 36 heavy (non-hydrogen) atoms. The molecule has 1 atom stereocenters. The van der Waals surface area contributed by atoms with Crippen LogP contribution in [0.3, 0.4) is 0 Å². The minimum Gasteiger partial charge on any atom is -0.497 e. The summed E-state index contributed by atoms with van der Waals surface area (Å²) in [6.07, 6.45) is 1.65. The number of nitrogens with zero attached hydrogens (tertiary/aromatic N) is 2. The fourth-order valence-electron chi connectivity index (χ4n) is 4.05. The van der Waals surface area contributed by atoms with Gasteiger partial charge in [0, 0.05) is 36.3 Å². The predicted molar refractivity (Wildman–Crippen MR) is 138 cm³/mol. The summed E-state index contributed by atoms with van der Waals surface area (Å²) < 4.78 is 24.4. The molecule has 3 amide bonds. The summed E-state index contributed by atoms with van der Waals surface area (Å²) in [4.78, 5) is 31.1. The quantitative estimate of drug-likeness (QED) is 0.409. The largest absolute Gasteiger partial charge is 0.497 e. The highest BCUT2D eigenvalue weighted by molar-refractivity contribution is 7.09. The maximum absolute atomic E-state index is 13.6. The highest BCUT2D eigenvalue weighted by Crippen LogP contribution is 2.20. The number of halogens is 1. The Morgan fingerprint density at radius 2 is 1.94 bits per heavy atom. The van der Waals surface area contributed by atoms with Gasteiger partial charge in [0.2, 0.25) is 5.91 Å². The molecule has 1 N–H and O–H groups in total. The molecule has 1 aliphatic heterocycles. The van der Waals surface area contributed by atoms with Crippen molar-refractivity contribution in [1.82, 2.24) is 9.80 Å². The standard InChI is InChI=1S/C27H30FN3O4S/c1-34-23-6-2-5-22(15-23)29-27(33)31(17-24-7-3-13-35-24)19-26(32)30(18-25-8-4-14-36-25)16-20-9-11-21(28)12-10-20/h2,4-6,8-12,14-15,24H,3,7,13,16-19H2,1H3,(H,29,33). The van der Waals surface area contributed by atoms with Gasteiger partial charge in [-0.25, -0.2) is 9.18 Å². The van der Waals surface area contributed by atoms with E-state index in [0.29, 0.717) is 37.7 Å². The Morgan fingerprint density at radius 3 is 2.64 bits per heavy atom. The molecule has 4 rings (SSSR count). The van der Waals surface area contributed by atoms with Gasteiger partial charge >= 0.3 is 6.03 Å². The van der Waals surface area contributed by atoms with Gasteiger partial charge in [-0.1, -0.05) is 24.3 Å². The zero-order valence-corrected chi connectivity index (χ0v) is 21.0. The third-order valence-electron chi connectivity index (χ3n) is 5.95. The number of benzene rings is 2. The molecule has 0 radical (unpaired) electrons. The van der Waals surface area contributed by atoms with Gasteiger partial charge in [0.25, 0.3) is 0 Å². The van der Waals surface area contributed by atoms with Crippen LogP contribution < -0.4 is 10.1 Å². The van der Waals surface area contributed by atoms with Crippen LogP contribution in [0.15, 0.2) is 66.0 Å². The van der Waals surface area contributed by atoms with Gasteiger partial charge < -0.3 is 24.6 Å². The van der Waals surface area contributed by atoms with Crippen LogP contribution in [0.4, 0.5) is 14.9 Å². The monoisotopic (exact) mass is 511 g/mol. The first kappa shape index (κ1) is 25.7. The van der Waals surface area contributed by atoms with Crippen LogP contribution in [0.25, 0.3) is 0 Å². The highest BCUT2D eigenvalue weighted by Gasteiger charge is 2.27. The van der Waals surface area contributed by atoms with Gasteiger partial charge in [0.15, 0.2) is 0 Å². The number of nitrogens with one attached hydrogen (secondary N) is 1. The topological polar surface area (TPSA) is 71.1 Å². The molecular formula is C27H30FN3O4S. The van der Waals surface area contributed by atoms with E-state index < -0.39 is 0 Å². The lowest BCUT2D eigenvalue weighted by atomic mass is 10.2. The molecule has 1 unspecified atom stereocenters. The Bertz CT molecular complexity index is 1130. The van der Waals surface area contributed by atoms with Crippen molar-refractivity contribution in [3.8, 4) is 5.75 Å². The lowest BCUT2D eigenvalue weighted by Crippen LogP contribution is -2.46. The molecule has 2 aromatic carbocycles. The maximum Gasteiger partial charge on any atom is 0.322 e. The highest BCUT2D eigenvalue weighted by atomic mass is 32.1. The summed E-state index contributed by atoms with van der Waals surface area (Å²) in [7, 11) is 1.56. The molecule has 1 saturated heterocycles. The number of ether oxygens (including phenoxy) is 2. The molecule has 3 aromatic rings. The molecule has 2 heterocycles. The van der Waals surface area contributed by atoms with Crippen molar-refractivity contribution in [2.75, 3.05) is 32.1 Å². The van der Waals surface area contributed by atoms with E-state index in [4.69, 9.17) is 9.47 Å².